The fourth-order valence-corrected chi connectivity index (χ4v) is 3.98. The lowest BCUT2D eigenvalue weighted by atomic mass is 10.4. The van der Waals surface area contributed by atoms with Crippen molar-refractivity contribution in [2.75, 3.05) is 7.05 Å². The zero-order chi connectivity index (χ0) is 12.5. The van der Waals surface area contributed by atoms with Gasteiger partial charge in [-0.15, -0.1) is 11.3 Å². The summed E-state index contributed by atoms with van der Waals surface area (Å²) in [5.74, 6) is 0.597. The Balaban J connectivity index is 2.18. The van der Waals surface area contributed by atoms with E-state index < -0.39 is 10.0 Å². The highest BCUT2D eigenvalue weighted by Crippen LogP contribution is 2.22. The monoisotopic (exact) mass is 335 g/mol. The van der Waals surface area contributed by atoms with E-state index in [-0.39, 0.29) is 6.54 Å². The van der Waals surface area contributed by atoms with E-state index in [9.17, 15) is 8.42 Å². The highest BCUT2D eigenvalue weighted by atomic mass is 79.9. The second-order valence-electron chi connectivity index (χ2n) is 3.40. The van der Waals surface area contributed by atoms with Crippen molar-refractivity contribution in [3.05, 3.63) is 40.1 Å². The van der Waals surface area contributed by atoms with Gasteiger partial charge in [0.15, 0.2) is 4.67 Å². The van der Waals surface area contributed by atoms with Gasteiger partial charge in [0, 0.05) is 7.05 Å². The van der Waals surface area contributed by atoms with Gasteiger partial charge >= 0.3 is 0 Å². The van der Waals surface area contributed by atoms with Crippen LogP contribution >= 0.6 is 27.3 Å². The van der Waals surface area contributed by atoms with Gasteiger partial charge in [0.1, 0.15) is 9.97 Å². The Morgan fingerprint density at radius 3 is 2.71 bits per heavy atom. The number of halogens is 1. The molecule has 0 atom stereocenters. The first-order valence-corrected chi connectivity index (χ1v) is 7.85. The molecule has 0 amide bonds. The molecule has 2 rings (SSSR count). The van der Waals surface area contributed by atoms with Crippen LogP contribution in [0.3, 0.4) is 0 Å². The molecule has 2 aromatic rings. The van der Waals surface area contributed by atoms with Gasteiger partial charge in [-0.1, -0.05) is 6.07 Å². The summed E-state index contributed by atoms with van der Waals surface area (Å²) < 4.78 is 31.7. The van der Waals surface area contributed by atoms with Crippen LogP contribution in [0, 0.1) is 0 Å². The molecule has 0 saturated heterocycles. The van der Waals surface area contributed by atoms with Crippen LogP contribution in [0.15, 0.2) is 42.9 Å². The Hall–Kier alpha value is -0.630. The van der Waals surface area contributed by atoms with Gasteiger partial charge in [-0.05, 0) is 39.5 Å². The molecule has 0 spiro atoms. The minimum atomic E-state index is -3.41. The van der Waals surface area contributed by atoms with E-state index in [1.165, 1.54) is 22.7 Å². The summed E-state index contributed by atoms with van der Waals surface area (Å²) in [5.41, 5.74) is 0. The number of sulfonamides is 1. The molecular weight excluding hydrogens is 326 g/mol. The third kappa shape index (κ3) is 2.79. The van der Waals surface area contributed by atoms with Gasteiger partial charge in [0.05, 0.1) is 6.54 Å². The van der Waals surface area contributed by atoms with Gasteiger partial charge in [-0.25, -0.2) is 8.42 Å². The van der Waals surface area contributed by atoms with E-state index in [0.717, 1.165) is 0 Å². The minimum absolute atomic E-state index is 0.214. The highest BCUT2D eigenvalue weighted by Gasteiger charge is 2.22. The van der Waals surface area contributed by atoms with E-state index in [2.05, 4.69) is 15.9 Å². The normalized spacial score (nSPS) is 12.2. The average molecular weight is 336 g/mol. The fourth-order valence-electron chi connectivity index (χ4n) is 1.31. The predicted octanol–water partition coefficient (Wildman–Crippen LogP) is 2.92. The van der Waals surface area contributed by atoms with Crippen molar-refractivity contribution in [1.82, 2.24) is 4.31 Å². The van der Waals surface area contributed by atoms with E-state index in [1.807, 2.05) is 0 Å². The molecule has 0 aliphatic carbocycles. The summed E-state index contributed by atoms with van der Waals surface area (Å²) >= 11 is 4.38. The molecule has 4 nitrogen and oxygen atoms in total. The first-order chi connectivity index (χ1) is 8.00. The third-order valence-corrected chi connectivity index (χ3v) is 5.77. The van der Waals surface area contributed by atoms with Crippen LogP contribution in [0.5, 0.6) is 0 Å². The van der Waals surface area contributed by atoms with Crippen LogP contribution in [-0.2, 0) is 16.6 Å². The zero-order valence-electron chi connectivity index (χ0n) is 8.96. The summed E-state index contributed by atoms with van der Waals surface area (Å²) in [6.07, 6.45) is 0. The Morgan fingerprint density at radius 1 is 1.41 bits per heavy atom. The number of nitrogens with zero attached hydrogens (tertiary/aromatic N) is 1. The zero-order valence-corrected chi connectivity index (χ0v) is 12.2. The van der Waals surface area contributed by atoms with Crippen LogP contribution in [0.25, 0.3) is 0 Å². The molecule has 0 fully saturated rings. The SMILES string of the molecule is CN(Cc1ccc(Br)o1)S(=O)(=O)c1cccs1. The molecule has 0 aliphatic rings. The lowest BCUT2D eigenvalue weighted by Crippen LogP contribution is -2.25. The molecular formula is C10H10BrNO3S2. The fraction of sp³-hybridized carbons (Fsp3) is 0.200. The van der Waals surface area contributed by atoms with Crippen LogP contribution in [-0.4, -0.2) is 19.8 Å². The second-order valence-corrected chi connectivity index (χ2v) is 7.40. The average Bonchev–Trinajstić information content (AvgIpc) is 2.89. The maximum Gasteiger partial charge on any atom is 0.252 e. The van der Waals surface area contributed by atoms with Crippen molar-refractivity contribution >= 4 is 37.3 Å². The standard InChI is InChI=1S/C10H10BrNO3S2/c1-12(7-8-4-5-9(11)15-8)17(13,14)10-3-2-6-16-10/h2-6H,7H2,1H3. The van der Waals surface area contributed by atoms with Gasteiger partial charge in [0.25, 0.3) is 10.0 Å². The van der Waals surface area contributed by atoms with Gasteiger partial charge in [-0.3, -0.25) is 0 Å². The molecule has 17 heavy (non-hydrogen) atoms. The number of hydrogen-bond acceptors (Lipinski definition) is 4. The molecule has 0 aliphatic heterocycles. The van der Waals surface area contributed by atoms with Crippen LogP contribution < -0.4 is 0 Å². The number of thiophene rings is 1. The van der Waals surface area contributed by atoms with Crippen molar-refractivity contribution in [3.8, 4) is 0 Å². The Kier molecular flexibility index (Phi) is 3.72. The van der Waals surface area contributed by atoms with Gasteiger partial charge in [0.2, 0.25) is 0 Å². The van der Waals surface area contributed by atoms with Crippen LogP contribution in [0.2, 0.25) is 0 Å². The maximum atomic E-state index is 12.1. The molecule has 0 radical (unpaired) electrons. The number of furan rings is 1. The van der Waals surface area contributed by atoms with Crippen molar-refractivity contribution in [2.45, 2.75) is 10.8 Å². The smallest absolute Gasteiger partial charge is 0.252 e. The molecule has 0 bridgehead atoms. The Bertz CT molecular complexity index is 589. The summed E-state index contributed by atoms with van der Waals surface area (Å²) in [6.45, 7) is 0.214. The lowest BCUT2D eigenvalue weighted by molar-refractivity contribution is 0.399. The first kappa shape index (κ1) is 12.8. The second kappa shape index (κ2) is 4.93. The summed E-state index contributed by atoms with van der Waals surface area (Å²) in [6, 6.07) is 6.79. The van der Waals surface area contributed by atoms with Crippen LogP contribution in [0.4, 0.5) is 0 Å². The quantitative estimate of drug-likeness (QED) is 0.863. The van der Waals surface area contributed by atoms with E-state index in [4.69, 9.17) is 4.42 Å². The van der Waals surface area contributed by atoms with Crippen molar-refractivity contribution in [2.24, 2.45) is 0 Å². The summed E-state index contributed by atoms with van der Waals surface area (Å²) in [4.78, 5) is 0. The Labute approximate surface area is 112 Å². The molecule has 7 heteroatoms. The van der Waals surface area contributed by atoms with Crippen molar-refractivity contribution in [1.29, 1.82) is 0 Å². The van der Waals surface area contributed by atoms with Crippen LogP contribution in [0.1, 0.15) is 5.76 Å². The first-order valence-electron chi connectivity index (χ1n) is 4.74. The molecule has 0 saturated carbocycles. The number of rotatable bonds is 4. The third-order valence-electron chi connectivity index (χ3n) is 2.17. The van der Waals surface area contributed by atoms with E-state index in [0.29, 0.717) is 14.6 Å². The molecule has 0 N–H and O–H groups in total. The number of hydrogen-bond donors (Lipinski definition) is 0. The highest BCUT2D eigenvalue weighted by molar-refractivity contribution is 9.10. The van der Waals surface area contributed by atoms with E-state index in [1.54, 1.807) is 29.6 Å². The van der Waals surface area contributed by atoms with Gasteiger partial charge in [-0.2, -0.15) is 4.31 Å². The summed E-state index contributed by atoms with van der Waals surface area (Å²) in [7, 11) is -1.87. The molecule has 92 valence electrons. The maximum absolute atomic E-state index is 12.1. The van der Waals surface area contributed by atoms with Gasteiger partial charge < -0.3 is 4.42 Å². The van der Waals surface area contributed by atoms with E-state index >= 15 is 0 Å². The molecule has 0 aromatic carbocycles. The van der Waals surface area contributed by atoms with Crippen molar-refractivity contribution in [3.63, 3.8) is 0 Å². The van der Waals surface area contributed by atoms with Crippen molar-refractivity contribution < 1.29 is 12.8 Å². The Morgan fingerprint density at radius 2 is 2.18 bits per heavy atom. The molecule has 0 unspecified atom stereocenters. The molecule has 2 aromatic heterocycles. The summed E-state index contributed by atoms with van der Waals surface area (Å²) in [5, 5.41) is 1.74. The minimum Gasteiger partial charge on any atom is -0.453 e. The predicted molar refractivity (Wildman–Crippen MR) is 69.4 cm³/mol. The molecule has 2 heterocycles. The topological polar surface area (TPSA) is 50.5 Å². The largest absolute Gasteiger partial charge is 0.453 e. The lowest BCUT2D eigenvalue weighted by Gasteiger charge is -2.14.